The Morgan fingerprint density at radius 2 is 1.90 bits per heavy atom. The molecule has 2 aromatic rings. The highest BCUT2D eigenvalue weighted by atomic mass is 15.2. The van der Waals surface area contributed by atoms with Crippen LogP contribution in [0.15, 0.2) is 36.5 Å². The van der Waals surface area contributed by atoms with Gasteiger partial charge in [-0.2, -0.15) is 0 Å². The standard InChI is InChI=1S/C18H25N3/c1-14(2)13-18(21-11-9-19-10-12-21)16-7-8-20-17-6-4-3-5-15(16)17/h3-8,14,18-19H,9-13H2,1-2H3/t18-/m0/s1. The SMILES string of the molecule is CC(C)C[C@@H](c1ccnc2ccccc12)N1CCNCC1. The lowest BCUT2D eigenvalue weighted by atomic mass is 9.93. The Hall–Kier alpha value is -1.45. The van der Waals surface area contributed by atoms with Crippen molar-refractivity contribution in [2.24, 2.45) is 5.92 Å². The Bertz CT molecular complexity index is 583. The first-order chi connectivity index (χ1) is 10.3. The molecule has 1 atom stereocenters. The highest BCUT2D eigenvalue weighted by Crippen LogP contribution is 2.32. The zero-order chi connectivity index (χ0) is 14.7. The molecule has 112 valence electrons. The van der Waals surface area contributed by atoms with Crippen LogP contribution < -0.4 is 5.32 Å². The van der Waals surface area contributed by atoms with E-state index >= 15 is 0 Å². The summed E-state index contributed by atoms with van der Waals surface area (Å²) in [6, 6.07) is 11.2. The average Bonchev–Trinajstić information content (AvgIpc) is 2.53. The first kappa shape index (κ1) is 14.5. The molecule has 3 rings (SSSR count). The van der Waals surface area contributed by atoms with Crippen LogP contribution in [-0.4, -0.2) is 36.1 Å². The maximum absolute atomic E-state index is 4.52. The average molecular weight is 283 g/mol. The fourth-order valence-electron chi connectivity index (χ4n) is 3.32. The van der Waals surface area contributed by atoms with E-state index in [1.54, 1.807) is 0 Å². The normalized spacial score (nSPS) is 18.2. The summed E-state index contributed by atoms with van der Waals surface area (Å²) in [7, 11) is 0. The van der Waals surface area contributed by atoms with Crippen LogP contribution in [0.2, 0.25) is 0 Å². The van der Waals surface area contributed by atoms with Crippen LogP contribution in [-0.2, 0) is 0 Å². The number of nitrogens with zero attached hydrogens (tertiary/aromatic N) is 2. The molecule has 1 aromatic heterocycles. The topological polar surface area (TPSA) is 28.2 Å². The van der Waals surface area contributed by atoms with E-state index in [1.165, 1.54) is 17.4 Å². The molecule has 1 aromatic carbocycles. The number of para-hydroxylation sites is 1. The molecular formula is C18H25N3. The van der Waals surface area contributed by atoms with Gasteiger partial charge in [0.25, 0.3) is 0 Å². The third kappa shape index (κ3) is 3.25. The maximum atomic E-state index is 4.52. The molecule has 3 nitrogen and oxygen atoms in total. The lowest BCUT2D eigenvalue weighted by Crippen LogP contribution is -2.45. The fourth-order valence-corrected chi connectivity index (χ4v) is 3.32. The zero-order valence-electron chi connectivity index (χ0n) is 13.0. The first-order valence-corrected chi connectivity index (χ1v) is 8.04. The maximum Gasteiger partial charge on any atom is 0.0705 e. The van der Waals surface area contributed by atoms with Crippen LogP contribution in [0.5, 0.6) is 0 Å². The largest absolute Gasteiger partial charge is 0.314 e. The van der Waals surface area contributed by atoms with Crippen molar-refractivity contribution in [3.8, 4) is 0 Å². The van der Waals surface area contributed by atoms with Gasteiger partial charge >= 0.3 is 0 Å². The fraction of sp³-hybridized carbons (Fsp3) is 0.500. The molecule has 0 spiro atoms. The Kier molecular flexibility index (Phi) is 4.51. The van der Waals surface area contributed by atoms with Gasteiger partial charge < -0.3 is 5.32 Å². The number of fused-ring (bicyclic) bond motifs is 1. The van der Waals surface area contributed by atoms with Crippen LogP contribution in [0.3, 0.4) is 0 Å². The van der Waals surface area contributed by atoms with Crippen LogP contribution in [0.25, 0.3) is 10.9 Å². The minimum atomic E-state index is 0.500. The van der Waals surface area contributed by atoms with E-state index in [2.05, 4.69) is 59.4 Å². The molecule has 21 heavy (non-hydrogen) atoms. The number of benzene rings is 1. The van der Waals surface area contributed by atoms with Crippen molar-refractivity contribution >= 4 is 10.9 Å². The van der Waals surface area contributed by atoms with Gasteiger partial charge in [0.1, 0.15) is 0 Å². The minimum absolute atomic E-state index is 0.500. The summed E-state index contributed by atoms with van der Waals surface area (Å²) >= 11 is 0. The molecule has 0 bridgehead atoms. The summed E-state index contributed by atoms with van der Waals surface area (Å²) < 4.78 is 0. The summed E-state index contributed by atoms with van der Waals surface area (Å²) in [6.07, 6.45) is 3.17. The highest BCUT2D eigenvalue weighted by Gasteiger charge is 2.24. The summed E-state index contributed by atoms with van der Waals surface area (Å²) in [5.41, 5.74) is 2.55. The van der Waals surface area contributed by atoms with Gasteiger partial charge in [-0.3, -0.25) is 9.88 Å². The van der Waals surface area contributed by atoms with E-state index in [0.29, 0.717) is 12.0 Å². The smallest absolute Gasteiger partial charge is 0.0705 e. The summed E-state index contributed by atoms with van der Waals surface area (Å²) in [5, 5.41) is 4.77. The molecule has 0 saturated carbocycles. The van der Waals surface area contributed by atoms with E-state index in [1.807, 2.05) is 6.20 Å². The zero-order valence-corrected chi connectivity index (χ0v) is 13.0. The van der Waals surface area contributed by atoms with E-state index in [9.17, 15) is 0 Å². The van der Waals surface area contributed by atoms with Gasteiger partial charge in [-0.15, -0.1) is 0 Å². The monoisotopic (exact) mass is 283 g/mol. The Labute approximate surface area is 127 Å². The van der Waals surface area contributed by atoms with Crippen molar-refractivity contribution in [1.29, 1.82) is 0 Å². The predicted molar refractivity (Wildman–Crippen MR) is 88.4 cm³/mol. The van der Waals surface area contributed by atoms with Crippen LogP contribution in [0, 0.1) is 5.92 Å². The van der Waals surface area contributed by atoms with Crippen molar-refractivity contribution in [3.63, 3.8) is 0 Å². The number of piperazine rings is 1. The number of pyridine rings is 1. The van der Waals surface area contributed by atoms with Crippen molar-refractivity contribution in [2.45, 2.75) is 26.3 Å². The van der Waals surface area contributed by atoms with E-state index < -0.39 is 0 Å². The second-order valence-electron chi connectivity index (χ2n) is 6.35. The lowest BCUT2D eigenvalue weighted by Gasteiger charge is -2.36. The van der Waals surface area contributed by atoms with Gasteiger partial charge in [0.15, 0.2) is 0 Å². The third-order valence-electron chi connectivity index (χ3n) is 4.33. The molecule has 1 N–H and O–H groups in total. The Balaban J connectivity index is 2.00. The predicted octanol–water partition coefficient (Wildman–Crippen LogP) is 3.23. The molecule has 0 unspecified atom stereocenters. The first-order valence-electron chi connectivity index (χ1n) is 8.04. The Morgan fingerprint density at radius 3 is 2.67 bits per heavy atom. The summed E-state index contributed by atoms with van der Waals surface area (Å²) in [4.78, 5) is 7.15. The van der Waals surface area contributed by atoms with Gasteiger partial charge in [-0.25, -0.2) is 0 Å². The van der Waals surface area contributed by atoms with Crippen molar-refractivity contribution in [3.05, 3.63) is 42.1 Å². The molecular weight excluding hydrogens is 258 g/mol. The number of aromatic nitrogens is 1. The molecule has 1 fully saturated rings. The quantitative estimate of drug-likeness (QED) is 0.934. The van der Waals surface area contributed by atoms with Gasteiger partial charge in [-0.1, -0.05) is 32.0 Å². The second-order valence-corrected chi connectivity index (χ2v) is 6.35. The van der Waals surface area contributed by atoms with Gasteiger partial charge in [0, 0.05) is 43.8 Å². The van der Waals surface area contributed by atoms with Crippen LogP contribution >= 0.6 is 0 Å². The van der Waals surface area contributed by atoms with Crippen LogP contribution in [0.1, 0.15) is 31.9 Å². The highest BCUT2D eigenvalue weighted by molar-refractivity contribution is 5.82. The molecule has 1 aliphatic heterocycles. The van der Waals surface area contributed by atoms with Gasteiger partial charge in [0.2, 0.25) is 0 Å². The number of hydrogen-bond acceptors (Lipinski definition) is 3. The van der Waals surface area contributed by atoms with E-state index in [4.69, 9.17) is 0 Å². The van der Waals surface area contributed by atoms with Gasteiger partial charge in [0.05, 0.1) is 5.52 Å². The third-order valence-corrected chi connectivity index (χ3v) is 4.33. The summed E-state index contributed by atoms with van der Waals surface area (Å²) in [5.74, 6) is 0.691. The van der Waals surface area contributed by atoms with Crippen molar-refractivity contribution in [1.82, 2.24) is 15.2 Å². The molecule has 1 aliphatic rings. The van der Waals surface area contributed by atoms with Crippen molar-refractivity contribution in [2.75, 3.05) is 26.2 Å². The number of rotatable bonds is 4. The van der Waals surface area contributed by atoms with E-state index in [-0.39, 0.29) is 0 Å². The second kappa shape index (κ2) is 6.54. The molecule has 0 radical (unpaired) electrons. The minimum Gasteiger partial charge on any atom is -0.314 e. The number of hydrogen-bond donors (Lipinski definition) is 1. The lowest BCUT2D eigenvalue weighted by molar-refractivity contribution is 0.155. The van der Waals surface area contributed by atoms with Gasteiger partial charge in [-0.05, 0) is 30.0 Å². The molecule has 0 amide bonds. The summed E-state index contributed by atoms with van der Waals surface area (Å²) in [6.45, 7) is 9.09. The molecule has 3 heteroatoms. The van der Waals surface area contributed by atoms with Crippen molar-refractivity contribution < 1.29 is 0 Å². The number of nitrogens with one attached hydrogen (secondary N) is 1. The van der Waals surface area contributed by atoms with Crippen LogP contribution in [0.4, 0.5) is 0 Å². The van der Waals surface area contributed by atoms with E-state index in [0.717, 1.165) is 31.7 Å². The molecule has 1 saturated heterocycles. The molecule has 0 aliphatic carbocycles. The molecule has 2 heterocycles. The Morgan fingerprint density at radius 1 is 1.14 bits per heavy atom.